The highest BCUT2D eigenvalue weighted by Gasteiger charge is 2.24. The molecule has 2 N–H and O–H groups in total. The lowest BCUT2D eigenvalue weighted by molar-refractivity contribution is 0.336. The van der Waals surface area contributed by atoms with E-state index >= 15 is 0 Å². The molecule has 4 aromatic rings. The van der Waals surface area contributed by atoms with Gasteiger partial charge in [-0.2, -0.15) is 5.26 Å². The van der Waals surface area contributed by atoms with E-state index in [9.17, 15) is 13.7 Å². The van der Waals surface area contributed by atoms with E-state index in [4.69, 9.17) is 4.74 Å². The number of rotatable bonds is 7. The first kappa shape index (κ1) is 23.1. The van der Waals surface area contributed by atoms with Crippen LogP contribution in [-0.4, -0.2) is 46.2 Å². The van der Waals surface area contributed by atoms with Gasteiger partial charge in [-0.1, -0.05) is 0 Å². The number of aromatic amines is 1. The molecule has 10 nitrogen and oxygen atoms in total. The van der Waals surface area contributed by atoms with Crippen LogP contribution in [0.25, 0.3) is 22.3 Å². The number of hydrogen-bond donors (Lipinski definition) is 2. The summed E-state index contributed by atoms with van der Waals surface area (Å²) in [5.74, 6) is 1.05. The summed E-state index contributed by atoms with van der Waals surface area (Å²) in [6, 6.07) is 5.36. The summed E-state index contributed by atoms with van der Waals surface area (Å²) in [6.07, 6.45) is 6.92. The highest BCUT2D eigenvalue weighted by Crippen LogP contribution is 2.42. The van der Waals surface area contributed by atoms with E-state index in [2.05, 4.69) is 36.3 Å². The molecule has 0 aliphatic carbocycles. The maximum atomic E-state index is 12.1. The van der Waals surface area contributed by atoms with E-state index in [0.717, 1.165) is 17.4 Å². The highest BCUT2D eigenvalue weighted by atomic mass is 32.2. The van der Waals surface area contributed by atoms with Crippen molar-refractivity contribution in [2.45, 2.75) is 31.7 Å². The first-order valence-electron chi connectivity index (χ1n) is 10.5. The summed E-state index contributed by atoms with van der Waals surface area (Å²) in [7, 11) is -3.49. The molecule has 174 valence electrons. The van der Waals surface area contributed by atoms with E-state index in [1.54, 1.807) is 6.33 Å². The smallest absolute Gasteiger partial charge is 0.182 e. The highest BCUT2D eigenvalue weighted by molar-refractivity contribution is 7.90. The molecular weight excluding hydrogens is 454 g/mol. The van der Waals surface area contributed by atoms with Gasteiger partial charge in [0.25, 0.3) is 0 Å². The van der Waals surface area contributed by atoms with Crippen LogP contribution in [0.4, 0.5) is 5.82 Å². The van der Waals surface area contributed by atoms with Gasteiger partial charge in [0.1, 0.15) is 23.7 Å². The van der Waals surface area contributed by atoms with Crippen LogP contribution in [0.3, 0.4) is 0 Å². The van der Waals surface area contributed by atoms with Gasteiger partial charge in [0.2, 0.25) is 0 Å². The topological polar surface area (TPSA) is 147 Å². The molecule has 0 bridgehead atoms. The van der Waals surface area contributed by atoms with Crippen LogP contribution in [-0.2, 0) is 9.84 Å². The molecule has 1 aromatic carbocycles. The molecule has 0 fully saturated rings. The van der Waals surface area contributed by atoms with Crippen molar-refractivity contribution in [3.05, 3.63) is 53.9 Å². The van der Waals surface area contributed by atoms with Crippen molar-refractivity contribution < 1.29 is 13.2 Å². The quantitative estimate of drug-likeness (QED) is 0.408. The van der Waals surface area contributed by atoms with E-state index in [0.29, 0.717) is 46.0 Å². The van der Waals surface area contributed by atoms with Crippen LogP contribution < -0.4 is 10.1 Å². The molecule has 0 amide bonds. The number of H-pyrrole nitrogens is 1. The Labute approximate surface area is 197 Å². The Morgan fingerprint density at radius 2 is 2.03 bits per heavy atom. The van der Waals surface area contributed by atoms with Crippen molar-refractivity contribution in [3.8, 4) is 22.9 Å². The molecule has 34 heavy (non-hydrogen) atoms. The van der Waals surface area contributed by atoms with Crippen molar-refractivity contribution in [1.29, 1.82) is 5.26 Å². The molecule has 1 atom stereocenters. The number of aromatic nitrogens is 5. The molecule has 3 heterocycles. The van der Waals surface area contributed by atoms with Crippen molar-refractivity contribution in [2.75, 3.05) is 18.2 Å². The number of ether oxygens (including phenoxy) is 1. The van der Waals surface area contributed by atoms with Gasteiger partial charge >= 0.3 is 0 Å². The molecule has 0 saturated carbocycles. The average molecular weight is 478 g/mol. The second-order valence-electron chi connectivity index (χ2n) is 7.78. The summed E-state index contributed by atoms with van der Waals surface area (Å²) in [6.45, 7) is 5.97. The zero-order valence-electron chi connectivity index (χ0n) is 19.1. The number of sulfone groups is 1. The van der Waals surface area contributed by atoms with Gasteiger partial charge in [-0.15, -0.1) is 0 Å². The minimum Gasteiger partial charge on any atom is -0.493 e. The van der Waals surface area contributed by atoms with Gasteiger partial charge < -0.3 is 15.0 Å². The first-order chi connectivity index (χ1) is 16.2. The SMILES string of the molecule is CCOc1c(C(C)Nc2ncnc3nc[nH]c23)cc(C)c(C#N)c1-c1cncc(S(C)(=O)=O)c1. The summed E-state index contributed by atoms with van der Waals surface area (Å²) < 4.78 is 30.3. The fourth-order valence-electron chi connectivity index (χ4n) is 3.78. The van der Waals surface area contributed by atoms with Gasteiger partial charge in [0.15, 0.2) is 21.3 Å². The number of fused-ring (bicyclic) bond motifs is 1. The third-order valence-corrected chi connectivity index (χ3v) is 6.46. The van der Waals surface area contributed by atoms with Crippen LogP contribution >= 0.6 is 0 Å². The fourth-order valence-corrected chi connectivity index (χ4v) is 4.38. The van der Waals surface area contributed by atoms with Gasteiger partial charge in [0.05, 0.1) is 29.4 Å². The van der Waals surface area contributed by atoms with E-state index in [-0.39, 0.29) is 10.9 Å². The summed E-state index contributed by atoms with van der Waals surface area (Å²) in [5, 5.41) is 13.3. The number of nitriles is 1. The second kappa shape index (κ2) is 9.07. The number of pyridine rings is 1. The van der Waals surface area contributed by atoms with E-state index in [1.807, 2.05) is 26.8 Å². The molecule has 3 aromatic heterocycles. The van der Waals surface area contributed by atoms with E-state index in [1.165, 1.54) is 24.8 Å². The Kier molecular flexibility index (Phi) is 6.17. The maximum Gasteiger partial charge on any atom is 0.182 e. The Hall–Kier alpha value is -4.04. The second-order valence-corrected chi connectivity index (χ2v) is 9.79. The summed E-state index contributed by atoms with van der Waals surface area (Å²) >= 11 is 0. The van der Waals surface area contributed by atoms with Crippen LogP contribution in [0.2, 0.25) is 0 Å². The number of anilines is 1. The van der Waals surface area contributed by atoms with Gasteiger partial charge in [-0.25, -0.2) is 23.4 Å². The van der Waals surface area contributed by atoms with Gasteiger partial charge in [-0.05, 0) is 38.5 Å². The van der Waals surface area contributed by atoms with Crippen LogP contribution in [0.5, 0.6) is 5.75 Å². The van der Waals surface area contributed by atoms with Gasteiger partial charge in [-0.3, -0.25) is 4.98 Å². The number of nitrogens with zero attached hydrogens (tertiary/aromatic N) is 5. The van der Waals surface area contributed by atoms with E-state index < -0.39 is 9.84 Å². The standard InChI is InChI=1S/C23H23N7O3S/c1-5-33-21-17(14(3)30-23-20-22(27-11-26-20)28-12-29-23)6-13(2)18(8-24)19(21)15-7-16(10-25-9-15)34(4,31)32/h6-7,9-12,14H,5H2,1-4H3,(H2,26,27,28,29,30). The predicted octanol–water partition coefficient (Wildman–Crippen LogP) is 3.57. The number of aryl methyl sites for hydroxylation is 1. The van der Waals surface area contributed by atoms with Crippen molar-refractivity contribution in [2.24, 2.45) is 0 Å². The number of imidazole rings is 1. The lowest BCUT2D eigenvalue weighted by Gasteiger charge is -2.23. The fraction of sp³-hybridized carbons (Fsp3) is 0.261. The first-order valence-corrected chi connectivity index (χ1v) is 12.4. The number of hydrogen-bond acceptors (Lipinski definition) is 9. The summed E-state index contributed by atoms with van der Waals surface area (Å²) in [5.41, 5.74) is 4.09. The zero-order chi connectivity index (χ0) is 24.5. The van der Waals surface area contributed by atoms with Gasteiger partial charge in [0, 0.05) is 35.3 Å². The van der Waals surface area contributed by atoms with Crippen molar-refractivity contribution in [3.63, 3.8) is 0 Å². The largest absolute Gasteiger partial charge is 0.493 e. The lowest BCUT2D eigenvalue weighted by Crippen LogP contribution is -2.13. The molecule has 0 spiro atoms. The summed E-state index contributed by atoms with van der Waals surface area (Å²) in [4.78, 5) is 19.8. The predicted molar refractivity (Wildman–Crippen MR) is 127 cm³/mol. The molecule has 0 radical (unpaired) electrons. The van der Waals surface area contributed by atoms with Crippen LogP contribution in [0, 0.1) is 18.3 Å². The minimum atomic E-state index is -3.49. The lowest BCUT2D eigenvalue weighted by atomic mass is 9.91. The number of benzene rings is 1. The average Bonchev–Trinajstić information content (AvgIpc) is 3.29. The van der Waals surface area contributed by atoms with Crippen LogP contribution in [0.15, 0.2) is 42.1 Å². The maximum absolute atomic E-state index is 12.1. The Bertz CT molecular complexity index is 1520. The van der Waals surface area contributed by atoms with Crippen molar-refractivity contribution >= 4 is 26.8 Å². The molecule has 0 aliphatic heterocycles. The molecule has 4 rings (SSSR count). The molecule has 1 unspecified atom stereocenters. The third kappa shape index (κ3) is 4.27. The number of nitrogens with one attached hydrogen (secondary N) is 2. The minimum absolute atomic E-state index is 0.0631. The van der Waals surface area contributed by atoms with Crippen molar-refractivity contribution in [1.82, 2.24) is 24.9 Å². The molecule has 0 aliphatic rings. The molecule has 0 saturated heterocycles. The Morgan fingerprint density at radius 1 is 1.24 bits per heavy atom. The third-order valence-electron chi connectivity index (χ3n) is 5.38. The normalized spacial score (nSPS) is 12.3. The Balaban J connectivity index is 1.90. The van der Waals surface area contributed by atoms with Crippen LogP contribution in [0.1, 0.15) is 36.6 Å². The zero-order valence-corrected chi connectivity index (χ0v) is 19.9. The molecule has 11 heteroatoms. The monoisotopic (exact) mass is 477 g/mol. The molecular formula is C23H23N7O3S. The Morgan fingerprint density at radius 3 is 2.74 bits per heavy atom.